The number of anilines is 1. The van der Waals surface area contributed by atoms with E-state index in [1.165, 1.54) is 18.3 Å². The van der Waals surface area contributed by atoms with Crippen LogP contribution in [0.25, 0.3) is 4.91 Å². The molecule has 6 nitrogen and oxygen atoms in total. The number of carbonyl (C=O) groups excluding carboxylic acids is 1. The van der Waals surface area contributed by atoms with Crippen LogP contribution in [0.4, 0.5) is 5.13 Å². The Balaban J connectivity index is 2.86. The van der Waals surface area contributed by atoms with E-state index in [4.69, 9.17) is 6.42 Å². The molecule has 0 saturated carbocycles. The van der Waals surface area contributed by atoms with Gasteiger partial charge in [-0.1, -0.05) is 42.2 Å². The van der Waals surface area contributed by atoms with Gasteiger partial charge in [0.15, 0.2) is 5.13 Å². The number of amides is 1. The van der Waals surface area contributed by atoms with E-state index in [2.05, 4.69) is 34.1 Å². The summed E-state index contributed by atoms with van der Waals surface area (Å²) in [5.41, 5.74) is 0.646. The number of thiazole rings is 1. The highest BCUT2D eigenvalue weighted by atomic mass is 32.3. The van der Waals surface area contributed by atoms with Gasteiger partial charge in [0.2, 0.25) is 15.9 Å². The molecule has 1 amide bonds. The number of carbonyl (C=O) groups is 1. The van der Waals surface area contributed by atoms with Crippen molar-refractivity contribution in [3.63, 3.8) is 0 Å². The van der Waals surface area contributed by atoms with Crippen LogP contribution in [0.15, 0.2) is 17.4 Å². The van der Waals surface area contributed by atoms with E-state index in [-0.39, 0.29) is 16.7 Å². The number of aryl methyl sites for hydroxylation is 1. The molecule has 1 rings (SSSR count). The molecule has 2 N–H and O–H groups in total. The van der Waals surface area contributed by atoms with Gasteiger partial charge in [0.1, 0.15) is 4.24 Å². The van der Waals surface area contributed by atoms with Crippen LogP contribution >= 0.6 is 23.1 Å². The number of hydrogen-bond donors (Lipinski definition) is 2. The predicted octanol–water partition coefficient (Wildman–Crippen LogP) is 2.14. The van der Waals surface area contributed by atoms with Crippen molar-refractivity contribution in [3.05, 3.63) is 28.0 Å². The lowest BCUT2D eigenvalue weighted by Gasteiger charge is -2.08. The first kappa shape index (κ1) is 18.4. The van der Waals surface area contributed by atoms with Crippen molar-refractivity contribution in [1.29, 1.82) is 0 Å². The molecule has 0 spiro atoms. The van der Waals surface area contributed by atoms with Gasteiger partial charge < -0.3 is 5.32 Å². The third-order valence-electron chi connectivity index (χ3n) is 2.23. The zero-order valence-corrected chi connectivity index (χ0v) is 14.5. The monoisotopic (exact) mass is 357 g/mol. The summed E-state index contributed by atoms with van der Waals surface area (Å²) in [5.74, 6) is 1.95. The molecule has 0 aromatic carbocycles. The molecule has 0 bridgehead atoms. The molecule has 0 radical (unpaired) electrons. The lowest BCUT2D eigenvalue weighted by Crippen LogP contribution is -2.23. The minimum absolute atomic E-state index is 0.110. The lowest BCUT2D eigenvalue weighted by atomic mass is 10.4. The molecule has 0 fully saturated rings. The average Bonchev–Trinajstić information content (AvgIpc) is 2.76. The average molecular weight is 357 g/mol. The normalized spacial score (nSPS) is 10.8. The number of thioether (sulfide) groups is 1. The molecule has 0 atom stereocenters. The van der Waals surface area contributed by atoms with Crippen LogP contribution in [0.3, 0.4) is 0 Å². The summed E-state index contributed by atoms with van der Waals surface area (Å²) in [4.78, 5) is 16.4. The minimum Gasteiger partial charge on any atom is -0.302 e. The molecule has 1 heterocycles. The second-order valence-electron chi connectivity index (χ2n) is 4.04. The molecule has 0 aliphatic rings. The zero-order valence-electron chi connectivity index (χ0n) is 12.1. The first-order chi connectivity index (χ1) is 10.2. The largest absolute Gasteiger partial charge is 0.302 e. The smallest absolute Gasteiger partial charge is 0.247 e. The van der Waals surface area contributed by atoms with E-state index in [1.807, 2.05) is 0 Å². The van der Waals surface area contributed by atoms with Gasteiger partial charge in [-0.05, 0) is 6.92 Å². The van der Waals surface area contributed by atoms with Crippen molar-refractivity contribution >= 4 is 49.1 Å². The molecule has 118 valence electrons. The summed E-state index contributed by atoms with van der Waals surface area (Å²) in [6.45, 7) is 10.4. The molecular weight excluding hydrogens is 342 g/mol. The number of nitrogens with zero attached hydrogens (tertiary/aromatic N) is 1. The molecule has 0 aliphatic heterocycles. The lowest BCUT2D eigenvalue weighted by molar-refractivity contribution is -0.114. The van der Waals surface area contributed by atoms with Gasteiger partial charge in [0, 0.05) is 11.8 Å². The highest BCUT2D eigenvalue weighted by molar-refractivity contribution is 8.23. The Labute approximate surface area is 138 Å². The van der Waals surface area contributed by atoms with Crippen molar-refractivity contribution < 1.29 is 13.2 Å². The van der Waals surface area contributed by atoms with Gasteiger partial charge in [-0.3, -0.25) is 4.79 Å². The Morgan fingerprint density at radius 2 is 2.14 bits per heavy atom. The van der Waals surface area contributed by atoms with Crippen LogP contribution in [-0.2, 0) is 14.8 Å². The maximum atomic E-state index is 11.9. The summed E-state index contributed by atoms with van der Waals surface area (Å²) in [6, 6.07) is 0. The van der Waals surface area contributed by atoms with Gasteiger partial charge in [0.05, 0.1) is 17.1 Å². The van der Waals surface area contributed by atoms with Crippen LogP contribution in [0.2, 0.25) is 0 Å². The van der Waals surface area contributed by atoms with Crippen molar-refractivity contribution in [1.82, 2.24) is 9.71 Å². The fraction of sp³-hybridized carbons (Fsp3) is 0.231. The third kappa shape index (κ3) is 4.99. The number of aromatic nitrogens is 1. The number of rotatable bonds is 7. The van der Waals surface area contributed by atoms with E-state index < -0.39 is 10.0 Å². The van der Waals surface area contributed by atoms with Crippen LogP contribution in [0, 0.1) is 19.3 Å². The Morgan fingerprint density at radius 3 is 2.68 bits per heavy atom. The van der Waals surface area contributed by atoms with E-state index in [9.17, 15) is 13.2 Å². The van der Waals surface area contributed by atoms with E-state index >= 15 is 0 Å². The Bertz CT molecular complexity index is 757. The second-order valence-corrected chi connectivity index (χ2v) is 8.28. The van der Waals surface area contributed by atoms with Gasteiger partial charge in [-0.2, -0.15) is 4.72 Å². The summed E-state index contributed by atoms with van der Waals surface area (Å²) in [6.07, 6.45) is 5.02. The Hall–Kier alpha value is -1.60. The second kappa shape index (κ2) is 7.60. The van der Waals surface area contributed by atoms with Crippen LogP contribution in [0.5, 0.6) is 0 Å². The van der Waals surface area contributed by atoms with Crippen molar-refractivity contribution in [2.24, 2.45) is 0 Å². The molecule has 1 aromatic rings. The summed E-state index contributed by atoms with van der Waals surface area (Å²) in [7, 11) is -3.72. The highest BCUT2D eigenvalue weighted by Gasteiger charge is 2.19. The standard InChI is InChI=1S/C13H15N3O3S3/c1-6-7-14-22(18,19)11(5)20-9(3)12-8(2)15-13(21-12)16-10(4)17/h1,14H,3,5,7H2,2,4H3,(H,15,16,17). The first-order valence-corrected chi connectivity index (χ1v) is 9.03. The third-order valence-corrected chi connectivity index (χ3v) is 6.21. The summed E-state index contributed by atoms with van der Waals surface area (Å²) >= 11 is 2.12. The van der Waals surface area contributed by atoms with Crippen molar-refractivity contribution in [2.75, 3.05) is 11.9 Å². The summed E-state index contributed by atoms with van der Waals surface area (Å²) < 4.78 is 25.8. The quantitative estimate of drug-likeness (QED) is 0.730. The van der Waals surface area contributed by atoms with Gasteiger partial charge >= 0.3 is 0 Å². The highest BCUT2D eigenvalue weighted by Crippen LogP contribution is 2.39. The fourth-order valence-corrected chi connectivity index (χ4v) is 4.31. The molecule has 0 aliphatic carbocycles. The molecule has 9 heteroatoms. The van der Waals surface area contributed by atoms with Crippen LogP contribution in [0.1, 0.15) is 17.5 Å². The summed E-state index contributed by atoms with van der Waals surface area (Å²) in [5, 5.41) is 3.01. The molecule has 0 saturated heterocycles. The zero-order chi connectivity index (χ0) is 16.9. The Kier molecular flexibility index (Phi) is 6.37. The van der Waals surface area contributed by atoms with Gasteiger partial charge in [0.25, 0.3) is 0 Å². The molecular formula is C13H15N3O3S3. The van der Waals surface area contributed by atoms with Crippen molar-refractivity contribution in [3.8, 4) is 12.3 Å². The topological polar surface area (TPSA) is 88.2 Å². The van der Waals surface area contributed by atoms with Crippen LogP contribution < -0.4 is 10.0 Å². The number of nitrogens with one attached hydrogen (secondary N) is 2. The number of hydrogen-bond acceptors (Lipinski definition) is 6. The molecule has 0 unspecified atom stereocenters. The van der Waals surface area contributed by atoms with Crippen LogP contribution in [-0.4, -0.2) is 25.9 Å². The van der Waals surface area contributed by atoms with Gasteiger partial charge in [-0.15, -0.1) is 6.42 Å². The van der Waals surface area contributed by atoms with E-state index in [1.54, 1.807) is 6.92 Å². The van der Waals surface area contributed by atoms with E-state index in [0.717, 1.165) is 11.8 Å². The van der Waals surface area contributed by atoms with Gasteiger partial charge in [-0.25, -0.2) is 13.4 Å². The first-order valence-electron chi connectivity index (χ1n) is 5.91. The maximum absolute atomic E-state index is 11.9. The van der Waals surface area contributed by atoms with E-state index in [0.29, 0.717) is 20.6 Å². The van der Waals surface area contributed by atoms with Crippen molar-refractivity contribution in [2.45, 2.75) is 13.8 Å². The minimum atomic E-state index is -3.72. The number of terminal acetylenes is 1. The number of sulfonamides is 1. The Morgan fingerprint density at radius 1 is 1.50 bits per heavy atom. The SMILES string of the molecule is C#CCNS(=O)(=O)C(=C)SC(=C)c1sc(NC(C)=O)nc1C. The molecule has 1 aromatic heterocycles. The molecule has 22 heavy (non-hydrogen) atoms. The fourth-order valence-electron chi connectivity index (χ4n) is 1.31. The maximum Gasteiger partial charge on any atom is 0.247 e. The predicted molar refractivity (Wildman–Crippen MR) is 92.7 cm³/mol.